The van der Waals surface area contributed by atoms with E-state index in [0.29, 0.717) is 16.7 Å². The van der Waals surface area contributed by atoms with E-state index in [4.69, 9.17) is 21.1 Å². The van der Waals surface area contributed by atoms with Gasteiger partial charge in [0.25, 0.3) is 0 Å². The van der Waals surface area contributed by atoms with E-state index in [9.17, 15) is 24.6 Å². The van der Waals surface area contributed by atoms with E-state index in [1.54, 1.807) is 20.8 Å². The first-order valence-corrected chi connectivity index (χ1v) is 19.0. The number of halogens is 1. The molecule has 0 aromatic rings. The minimum absolute atomic E-state index is 0.302. The summed E-state index contributed by atoms with van der Waals surface area (Å²) in [5, 5.41) is 20.3. The molecule has 48 heavy (non-hydrogen) atoms. The van der Waals surface area contributed by atoms with Crippen LogP contribution in [-0.4, -0.2) is 49.8 Å². The van der Waals surface area contributed by atoms with Crippen LogP contribution in [0.5, 0.6) is 0 Å². The molecule has 0 spiro atoms. The molecule has 0 atom stereocenters. The van der Waals surface area contributed by atoms with Crippen molar-refractivity contribution < 1.29 is 34.1 Å². The van der Waals surface area contributed by atoms with Crippen molar-refractivity contribution in [3.63, 3.8) is 0 Å². The Morgan fingerprint density at radius 1 is 0.500 bits per heavy atom. The largest absolute Gasteiger partial charge is 0.456 e. The average Bonchev–Trinajstić information content (AvgIpc) is 3.05. The highest BCUT2D eigenvalue weighted by molar-refractivity contribution is 6.67. The van der Waals surface area contributed by atoms with Crippen molar-refractivity contribution in [2.24, 2.45) is 0 Å². The summed E-state index contributed by atoms with van der Waals surface area (Å²) in [6.07, 6.45) is 24.3. The standard InChI is InChI=1S/C22H34O4.C14H26O2.C4H5ClO/c1-17(2)19(23)25-21(11-7-5-8-12-21)15-16-22(13-9-6-10-14-22)26-20(24)18(3)4;15-13(7-3-1-4-8-13)11-12-14(16)9-5-2-6-10-14;1-3(2)4(5)6/h1,3,5-16H2,2,4H3;15-16H,1-12H2;1H2,2H3. The van der Waals surface area contributed by atoms with Crippen LogP contribution in [0.1, 0.15) is 175 Å². The molecule has 0 saturated heterocycles. The Balaban J connectivity index is 0.000000307. The maximum absolute atomic E-state index is 12.2. The minimum Gasteiger partial charge on any atom is -0.456 e. The molecular formula is C40H65ClO7. The van der Waals surface area contributed by atoms with Gasteiger partial charge in [-0.25, -0.2) is 9.59 Å². The summed E-state index contributed by atoms with van der Waals surface area (Å²) in [5.74, 6) is -0.605. The monoisotopic (exact) mass is 692 g/mol. The molecule has 4 fully saturated rings. The van der Waals surface area contributed by atoms with E-state index in [2.05, 4.69) is 19.7 Å². The first-order chi connectivity index (χ1) is 22.5. The second kappa shape index (κ2) is 20.0. The lowest BCUT2D eigenvalue weighted by atomic mass is 9.75. The summed E-state index contributed by atoms with van der Waals surface area (Å²) < 4.78 is 11.9. The molecule has 2 N–H and O–H groups in total. The molecule has 0 unspecified atom stereocenters. The van der Waals surface area contributed by atoms with Gasteiger partial charge in [-0.1, -0.05) is 71.1 Å². The first kappa shape index (κ1) is 42.2. The molecule has 0 aromatic carbocycles. The van der Waals surface area contributed by atoms with Crippen molar-refractivity contribution in [1.29, 1.82) is 0 Å². The molecule has 0 heterocycles. The summed E-state index contributed by atoms with van der Waals surface area (Å²) >= 11 is 4.87. The molecule has 8 heteroatoms. The van der Waals surface area contributed by atoms with Gasteiger partial charge in [-0.3, -0.25) is 4.79 Å². The van der Waals surface area contributed by atoms with Crippen molar-refractivity contribution >= 4 is 28.8 Å². The van der Waals surface area contributed by atoms with E-state index in [1.807, 2.05) is 0 Å². The lowest BCUT2D eigenvalue weighted by molar-refractivity contribution is -0.169. The van der Waals surface area contributed by atoms with Crippen molar-refractivity contribution in [2.75, 3.05) is 0 Å². The van der Waals surface area contributed by atoms with Crippen molar-refractivity contribution in [3.05, 3.63) is 36.5 Å². The fourth-order valence-electron chi connectivity index (χ4n) is 7.61. The Hall–Kier alpha value is -1.96. The first-order valence-electron chi connectivity index (χ1n) is 18.6. The predicted molar refractivity (Wildman–Crippen MR) is 194 cm³/mol. The Morgan fingerprint density at radius 2 is 0.750 bits per heavy atom. The third-order valence-electron chi connectivity index (χ3n) is 10.8. The lowest BCUT2D eigenvalue weighted by Gasteiger charge is -2.42. The lowest BCUT2D eigenvalue weighted by Crippen LogP contribution is -2.43. The summed E-state index contributed by atoms with van der Waals surface area (Å²) in [7, 11) is 0. The van der Waals surface area contributed by atoms with Gasteiger partial charge in [-0.05, 0) is 135 Å². The van der Waals surface area contributed by atoms with Crippen LogP contribution >= 0.6 is 11.6 Å². The second-order valence-corrected chi connectivity index (χ2v) is 15.8. The van der Waals surface area contributed by atoms with Gasteiger partial charge in [-0.2, -0.15) is 0 Å². The topological polar surface area (TPSA) is 110 Å². The Morgan fingerprint density at radius 3 is 0.979 bits per heavy atom. The third kappa shape index (κ3) is 14.9. The van der Waals surface area contributed by atoms with Gasteiger partial charge in [-0.15, -0.1) is 0 Å². The number of ether oxygens (including phenoxy) is 2. The number of hydrogen-bond acceptors (Lipinski definition) is 7. The summed E-state index contributed by atoms with van der Waals surface area (Å²) in [5.41, 5.74) is -0.511. The Bertz CT molecular complexity index is 999. The molecule has 4 aliphatic rings. The summed E-state index contributed by atoms with van der Waals surface area (Å²) in [6.45, 7) is 15.7. The van der Waals surface area contributed by atoms with Gasteiger partial charge in [0, 0.05) is 16.7 Å². The van der Waals surface area contributed by atoms with Gasteiger partial charge >= 0.3 is 11.9 Å². The highest BCUT2D eigenvalue weighted by Crippen LogP contribution is 2.43. The number of carbonyl (C=O) groups is 3. The summed E-state index contributed by atoms with van der Waals surface area (Å²) in [6, 6.07) is 0. The van der Waals surface area contributed by atoms with Crippen molar-refractivity contribution in [1.82, 2.24) is 0 Å². The second-order valence-electron chi connectivity index (χ2n) is 15.5. The van der Waals surface area contributed by atoms with Crippen LogP contribution in [0.2, 0.25) is 0 Å². The van der Waals surface area contributed by atoms with Crippen LogP contribution in [0.25, 0.3) is 0 Å². The minimum atomic E-state index is -0.463. The van der Waals surface area contributed by atoms with Crippen molar-refractivity contribution in [2.45, 2.75) is 197 Å². The van der Waals surface area contributed by atoms with Gasteiger partial charge in [0.15, 0.2) is 0 Å². The van der Waals surface area contributed by atoms with Crippen molar-refractivity contribution in [3.8, 4) is 0 Å². The van der Waals surface area contributed by atoms with Crippen LogP contribution in [0.3, 0.4) is 0 Å². The molecule has 4 aliphatic carbocycles. The number of allylic oxidation sites excluding steroid dienone is 1. The summed E-state index contributed by atoms with van der Waals surface area (Å²) in [4.78, 5) is 34.2. The van der Waals surface area contributed by atoms with Crippen LogP contribution in [0.4, 0.5) is 0 Å². The number of aliphatic hydroxyl groups is 2. The van der Waals surface area contributed by atoms with Crippen LogP contribution in [0.15, 0.2) is 36.5 Å². The number of hydrogen-bond donors (Lipinski definition) is 2. The van der Waals surface area contributed by atoms with Gasteiger partial charge in [0.05, 0.1) is 11.2 Å². The van der Waals surface area contributed by atoms with Gasteiger partial charge in [0.1, 0.15) is 11.2 Å². The molecule has 274 valence electrons. The molecule has 7 nitrogen and oxygen atoms in total. The van der Waals surface area contributed by atoms with E-state index in [0.717, 1.165) is 128 Å². The maximum atomic E-state index is 12.2. The zero-order chi connectivity index (χ0) is 35.8. The Kier molecular flexibility index (Phi) is 17.6. The van der Waals surface area contributed by atoms with Crippen LogP contribution < -0.4 is 0 Å². The number of carbonyl (C=O) groups excluding carboxylic acids is 3. The molecule has 0 bridgehead atoms. The van der Waals surface area contributed by atoms with Crippen LogP contribution in [-0.2, 0) is 23.9 Å². The molecule has 0 amide bonds. The van der Waals surface area contributed by atoms with Crippen LogP contribution in [0, 0.1) is 0 Å². The molecule has 0 aromatic heterocycles. The van der Waals surface area contributed by atoms with Gasteiger partial charge in [0.2, 0.25) is 5.24 Å². The highest BCUT2D eigenvalue weighted by atomic mass is 35.5. The van der Waals surface area contributed by atoms with E-state index in [1.165, 1.54) is 25.7 Å². The van der Waals surface area contributed by atoms with E-state index in [-0.39, 0.29) is 11.9 Å². The fraction of sp³-hybridized carbons (Fsp3) is 0.775. The maximum Gasteiger partial charge on any atom is 0.333 e. The van der Waals surface area contributed by atoms with E-state index < -0.39 is 27.6 Å². The molecular weight excluding hydrogens is 628 g/mol. The molecule has 0 aliphatic heterocycles. The number of rotatable bonds is 11. The van der Waals surface area contributed by atoms with E-state index >= 15 is 0 Å². The predicted octanol–water partition coefficient (Wildman–Crippen LogP) is 9.90. The third-order valence-corrected chi connectivity index (χ3v) is 11.2. The Labute approximate surface area is 295 Å². The van der Waals surface area contributed by atoms with Gasteiger partial charge < -0.3 is 19.7 Å². The highest BCUT2D eigenvalue weighted by Gasteiger charge is 2.42. The smallest absolute Gasteiger partial charge is 0.333 e. The molecule has 0 radical (unpaired) electrons. The number of esters is 2. The SMILES string of the molecule is C=C(C)C(=O)Cl.C=C(C)C(=O)OC1(CCC2(OC(=O)C(=C)C)CCCCC2)CCCCC1.OC1(CCC2(O)CCCCC2)CCCCC1. The average molecular weight is 693 g/mol. The zero-order valence-electron chi connectivity index (χ0n) is 30.4. The zero-order valence-corrected chi connectivity index (χ0v) is 31.2. The molecule has 4 saturated carbocycles. The fourth-order valence-corrected chi connectivity index (χ4v) is 7.61. The normalized spacial score (nSPS) is 22.2. The quantitative estimate of drug-likeness (QED) is 0.126. The molecule has 4 rings (SSSR count).